The van der Waals surface area contributed by atoms with Crippen molar-refractivity contribution in [2.24, 2.45) is 5.92 Å². The Kier molecular flexibility index (Phi) is 5.99. The maximum absolute atomic E-state index is 12.4. The zero-order chi connectivity index (χ0) is 15.9. The Morgan fingerprint density at radius 2 is 1.86 bits per heavy atom. The van der Waals surface area contributed by atoms with Gasteiger partial charge in [-0.1, -0.05) is 50.1 Å². The van der Waals surface area contributed by atoms with Crippen LogP contribution in [-0.2, 0) is 9.59 Å². The predicted octanol–water partition coefficient (Wildman–Crippen LogP) is 2.95. The maximum Gasteiger partial charge on any atom is 0.222 e. The molecule has 1 aromatic rings. The minimum Gasteiger partial charge on any atom is -0.353 e. The van der Waals surface area contributed by atoms with Gasteiger partial charge < -0.3 is 10.6 Å². The predicted molar refractivity (Wildman–Crippen MR) is 87.2 cm³/mol. The third-order valence-electron chi connectivity index (χ3n) is 4.43. The van der Waals surface area contributed by atoms with Crippen LogP contribution in [0.2, 0.25) is 0 Å². The van der Waals surface area contributed by atoms with Gasteiger partial charge >= 0.3 is 0 Å². The second kappa shape index (κ2) is 7.97. The van der Waals surface area contributed by atoms with Crippen molar-refractivity contribution >= 4 is 11.8 Å². The molecule has 120 valence electrons. The van der Waals surface area contributed by atoms with Gasteiger partial charge in [-0.15, -0.1) is 0 Å². The quantitative estimate of drug-likeness (QED) is 0.878. The van der Waals surface area contributed by atoms with Crippen molar-refractivity contribution in [3.05, 3.63) is 35.9 Å². The van der Waals surface area contributed by atoms with Crippen LogP contribution in [0.15, 0.2) is 30.3 Å². The Labute approximate surface area is 132 Å². The van der Waals surface area contributed by atoms with Crippen molar-refractivity contribution in [2.45, 2.75) is 58.0 Å². The van der Waals surface area contributed by atoms with Gasteiger partial charge in [-0.05, 0) is 24.3 Å². The molecule has 2 N–H and O–H groups in total. The summed E-state index contributed by atoms with van der Waals surface area (Å²) < 4.78 is 0. The van der Waals surface area contributed by atoms with E-state index in [2.05, 4.69) is 17.6 Å². The number of hydrogen-bond donors (Lipinski definition) is 2. The first-order chi connectivity index (χ1) is 10.6. The molecule has 0 saturated heterocycles. The summed E-state index contributed by atoms with van der Waals surface area (Å²) in [6.07, 6.45) is 4.96. The summed E-state index contributed by atoms with van der Waals surface area (Å²) in [6, 6.07) is 9.66. The van der Waals surface area contributed by atoms with E-state index in [-0.39, 0.29) is 30.3 Å². The number of carbonyl (C=O) groups excluding carboxylic acids is 2. The van der Waals surface area contributed by atoms with Crippen LogP contribution in [0.4, 0.5) is 0 Å². The molecule has 1 saturated carbocycles. The number of rotatable bonds is 5. The van der Waals surface area contributed by atoms with E-state index in [1.54, 1.807) is 0 Å². The highest BCUT2D eigenvalue weighted by Crippen LogP contribution is 2.24. The van der Waals surface area contributed by atoms with Gasteiger partial charge in [0, 0.05) is 13.0 Å². The van der Waals surface area contributed by atoms with Gasteiger partial charge in [-0.2, -0.15) is 0 Å². The lowest BCUT2D eigenvalue weighted by molar-refractivity contribution is -0.123. The third-order valence-corrected chi connectivity index (χ3v) is 4.43. The zero-order valence-electron chi connectivity index (χ0n) is 13.5. The molecule has 1 aromatic carbocycles. The molecule has 0 spiro atoms. The van der Waals surface area contributed by atoms with E-state index in [9.17, 15) is 9.59 Å². The lowest BCUT2D eigenvalue weighted by Gasteiger charge is -2.30. The highest BCUT2D eigenvalue weighted by molar-refractivity contribution is 5.79. The molecule has 0 unspecified atom stereocenters. The van der Waals surface area contributed by atoms with Crippen molar-refractivity contribution in [3.63, 3.8) is 0 Å². The molecule has 22 heavy (non-hydrogen) atoms. The largest absolute Gasteiger partial charge is 0.353 e. The summed E-state index contributed by atoms with van der Waals surface area (Å²) in [5.41, 5.74) is 0.963. The molecule has 0 bridgehead atoms. The molecule has 0 heterocycles. The fraction of sp³-hybridized carbons (Fsp3) is 0.556. The normalized spacial score (nSPS) is 22.6. The molecular formula is C18H26N2O2. The van der Waals surface area contributed by atoms with Gasteiger partial charge in [0.2, 0.25) is 11.8 Å². The Morgan fingerprint density at radius 1 is 1.18 bits per heavy atom. The van der Waals surface area contributed by atoms with Crippen molar-refractivity contribution in [3.8, 4) is 0 Å². The van der Waals surface area contributed by atoms with Gasteiger partial charge in [0.25, 0.3) is 0 Å². The first-order valence-corrected chi connectivity index (χ1v) is 8.17. The highest BCUT2D eigenvalue weighted by Gasteiger charge is 2.24. The smallest absolute Gasteiger partial charge is 0.222 e. The summed E-state index contributed by atoms with van der Waals surface area (Å²) in [5.74, 6) is 0.433. The molecule has 4 heteroatoms. The lowest BCUT2D eigenvalue weighted by Crippen LogP contribution is -2.42. The van der Waals surface area contributed by atoms with Crippen LogP contribution in [-0.4, -0.2) is 17.9 Å². The van der Waals surface area contributed by atoms with E-state index in [0.717, 1.165) is 12.0 Å². The van der Waals surface area contributed by atoms with Crippen LogP contribution in [0.25, 0.3) is 0 Å². The van der Waals surface area contributed by atoms with E-state index in [1.807, 2.05) is 30.3 Å². The molecule has 1 aliphatic carbocycles. The lowest BCUT2D eigenvalue weighted by atomic mass is 9.86. The molecule has 2 rings (SSSR count). The molecular weight excluding hydrogens is 276 g/mol. The number of nitrogens with one attached hydrogen (secondary N) is 2. The van der Waals surface area contributed by atoms with E-state index >= 15 is 0 Å². The number of carbonyl (C=O) groups is 2. The molecule has 3 atom stereocenters. The van der Waals surface area contributed by atoms with E-state index in [0.29, 0.717) is 5.92 Å². The molecule has 1 fully saturated rings. The Hall–Kier alpha value is -1.84. The third kappa shape index (κ3) is 4.86. The number of benzene rings is 1. The Morgan fingerprint density at radius 3 is 2.50 bits per heavy atom. The van der Waals surface area contributed by atoms with Gasteiger partial charge in [0.15, 0.2) is 0 Å². The van der Waals surface area contributed by atoms with Crippen molar-refractivity contribution in [1.82, 2.24) is 10.6 Å². The highest BCUT2D eigenvalue weighted by atomic mass is 16.2. The SMILES string of the molecule is CC(=O)N[C@@H](CC(=O)N[C@@H]1CCCC[C@H]1C)c1ccccc1. The minimum atomic E-state index is -0.266. The molecule has 1 aliphatic rings. The first-order valence-electron chi connectivity index (χ1n) is 8.17. The van der Waals surface area contributed by atoms with Crippen LogP contribution in [0.3, 0.4) is 0 Å². The second-order valence-corrected chi connectivity index (χ2v) is 6.30. The van der Waals surface area contributed by atoms with Crippen molar-refractivity contribution in [1.29, 1.82) is 0 Å². The van der Waals surface area contributed by atoms with E-state index in [4.69, 9.17) is 0 Å². The summed E-state index contributed by atoms with van der Waals surface area (Å²) in [7, 11) is 0. The number of hydrogen-bond acceptors (Lipinski definition) is 2. The van der Waals surface area contributed by atoms with Crippen LogP contribution in [0.1, 0.15) is 57.6 Å². The minimum absolute atomic E-state index is 0.0151. The molecule has 2 amide bonds. The monoisotopic (exact) mass is 302 g/mol. The molecule has 0 radical (unpaired) electrons. The Bertz CT molecular complexity index is 501. The van der Waals surface area contributed by atoms with Gasteiger partial charge in [0.1, 0.15) is 0 Å². The van der Waals surface area contributed by atoms with Crippen LogP contribution >= 0.6 is 0 Å². The average Bonchev–Trinajstić information content (AvgIpc) is 2.49. The maximum atomic E-state index is 12.4. The Balaban J connectivity index is 1.97. The summed E-state index contributed by atoms with van der Waals surface area (Å²) in [4.78, 5) is 23.8. The van der Waals surface area contributed by atoms with Gasteiger partial charge in [0.05, 0.1) is 12.5 Å². The molecule has 0 aliphatic heterocycles. The van der Waals surface area contributed by atoms with Crippen molar-refractivity contribution in [2.75, 3.05) is 0 Å². The summed E-state index contributed by atoms with van der Waals surface area (Å²) in [6.45, 7) is 3.68. The second-order valence-electron chi connectivity index (χ2n) is 6.30. The van der Waals surface area contributed by atoms with Crippen LogP contribution in [0, 0.1) is 5.92 Å². The standard InChI is InChI=1S/C18H26N2O2/c1-13-8-6-7-11-16(13)20-18(22)12-17(19-14(2)21)15-9-4-3-5-10-15/h3-5,9-10,13,16-17H,6-8,11-12H2,1-2H3,(H,19,21)(H,20,22)/t13-,16-,17+/m1/s1. The fourth-order valence-electron chi connectivity index (χ4n) is 3.16. The first kappa shape index (κ1) is 16.5. The molecule has 0 aromatic heterocycles. The van der Waals surface area contributed by atoms with Crippen molar-refractivity contribution < 1.29 is 9.59 Å². The zero-order valence-corrected chi connectivity index (χ0v) is 13.5. The average molecular weight is 302 g/mol. The summed E-state index contributed by atoms with van der Waals surface area (Å²) in [5, 5.41) is 6.03. The van der Waals surface area contributed by atoms with Gasteiger partial charge in [-0.25, -0.2) is 0 Å². The summed E-state index contributed by atoms with van der Waals surface area (Å²) >= 11 is 0. The van der Waals surface area contributed by atoms with Crippen LogP contribution < -0.4 is 10.6 Å². The number of amides is 2. The molecule has 4 nitrogen and oxygen atoms in total. The van der Waals surface area contributed by atoms with Gasteiger partial charge in [-0.3, -0.25) is 9.59 Å². The van der Waals surface area contributed by atoms with E-state index < -0.39 is 0 Å². The van der Waals surface area contributed by atoms with E-state index in [1.165, 1.54) is 26.2 Å². The topological polar surface area (TPSA) is 58.2 Å². The fourth-order valence-corrected chi connectivity index (χ4v) is 3.16. The van der Waals surface area contributed by atoms with Crippen LogP contribution in [0.5, 0.6) is 0 Å².